The van der Waals surface area contributed by atoms with Gasteiger partial charge in [-0.2, -0.15) is 0 Å². The van der Waals surface area contributed by atoms with Crippen molar-refractivity contribution >= 4 is 5.91 Å². The fraction of sp³-hybridized carbons (Fsp3) is 0.700. The van der Waals surface area contributed by atoms with Crippen LogP contribution in [0.5, 0.6) is 0 Å². The molecule has 0 radical (unpaired) electrons. The number of carbonyl (C=O) groups excluding carboxylic acids is 1. The van der Waals surface area contributed by atoms with Crippen molar-refractivity contribution in [1.82, 2.24) is 5.32 Å². The van der Waals surface area contributed by atoms with Crippen LogP contribution >= 0.6 is 0 Å². The fourth-order valence-corrected chi connectivity index (χ4v) is 2.09. The summed E-state index contributed by atoms with van der Waals surface area (Å²) in [6.45, 7) is 4.46. The maximum absolute atomic E-state index is 11.1. The van der Waals surface area contributed by atoms with E-state index in [1.165, 1.54) is 0 Å². The molecule has 1 aliphatic carbocycles. The molecule has 1 amide bonds. The van der Waals surface area contributed by atoms with Crippen molar-refractivity contribution < 1.29 is 9.53 Å². The number of allylic oxidation sites excluding steroid dienone is 1. The molecule has 1 aliphatic heterocycles. The van der Waals surface area contributed by atoms with Gasteiger partial charge in [-0.05, 0) is 30.8 Å². The molecule has 2 aliphatic rings. The van der Waals surface area contributed by atoms with E-state index in [1.807, 2.05) is 6.92 Å². The molecular weight excluding hydrogens is 166 g/mol. The Bertz CT molecular complexity index is 227. The van der Waals surface area contributed by atoms with Crippen LogP contribution in [0.15, 0.2) is 12.2 Å². The Kier molecular flexibility index (Phi) is 2.36. The van der Waals surface area contributed by atoms with Crippen LogP contribution in [0.2, 0.25) is 0 Å². The van der Waals surface area contributed by atoms with Crippen molar-refractivity contribution in [1.29, 1.82) is 0 Å². The van der Waals surface area contributed by atoms with Gasteiger partial charge in [-0.3, -0.25) is 4.79 Å². The molecule has 2 atom stereocenters. The quantitative estimate of drug-likeness (QED) is 0.646. The summed E-state index contributed by atoms with van der Waals surface area (Å²) in [6, 6.07) is 0. The van der Waals surface area contributed by atoms with Crippen LogP contribution in [0.4, 0.5) is 0 Å². The van der Waals surface area contributed by atoms with Crippen LogP contribution in [0, 0.1) is 17.8 Å². The molecule has 0 spiro atoms. The molecule has 0 aromatic heterocycles. The van der Waals surface area contributed by atoms with Crippen LogP contribution in [0.3, 0.4) is 0 Å². The first-order chi connectivity index (χ1) is 6.33. The van der Waals surface area contributed by atoms with E-state index in [1.54, 1.807) is 12.2 Å². The number of carbonyl (C=O) groups is 1. The van der Waals surface area contributed by atoms with Gasteiger partial charge in [0, 0.05) is 6.54 Å². The molecule has 72 valence electrons. The summed E-state index contributed by atoms with van der Waals surface area (Å²) in [5, 5.41) is 2.89. The molecule has 1 heterocycles. The van der Waals surface area contributed by atoms with Crippen molar-refractivity contribution in [2.45, 2.75) is 6.92 Å². The monoisotopic (exact) mass is 181 g/mol. The van der Waals surface area contributed by atoms with E-state index in [9.17, 15) is 4.79 Å². The molecule has 0 bridgehead atoms. The summed E-state index contributed by atoms with van der Waals surface area (Å²) >= 11 is 0. The summed E-state index contributed by atoms with van der Waals surface area (Å²) in [6.07, 6.45) is 3.32. The summed E-state index contributed by atoms with van der Waals surface area (Å²) in [4.78, 5) is 11.1. The normalized spacial score (nSPS) is 36.2. The topological polar surface area (TPSA) is 38.3 Å². The van der Waals surface area contributed by atoms with Gasteiger partial charge in [0.05, 0.1) is 13.2 Å². The molecule has 1 N–H and O–H groups in total. The van der Waals surface area contributed by atoms with E-state index in [0.717, 1.165) is 31.6 Å². The van der Waals surface area contributed by atoms with E-state index < -0.39 is 0 Å². The maximum Gasteiger partial charge on any atom is 0.243 e. The summed E-state index contributed by atoms with van der Waals surface area (Å²) in [7, 11) is 0. The van der Waals surface area contributed by atoms with Gasteiger partial charge in [0.25, 0.3) is 0 Å². The van der Waals surface area contributed by atoms with Crippen molar-refractivity contribution in [3.63, 3.8) is 0 Å². The van der Waals surface area contributed by atoms with Crippen LogP contribution in [0.25, 0.3) is 0 Å². The van der Waals surface area contributed by atoms with Crippen molar-refractivity contribution in [3.8, 4) is 0 Å². The molecule has 0 aromatic rings. The third kappa shape index (κ3) is 1.75. The van der Waals surface area contributed by atoms with Gasteiger partial charge in [-0.1, -0.05) is 6.08 Å². The molecule has 3 nitrogen and oxygen atoms in total. The van der Waals surface area contributed by atoms with Gasteiger partial charge >= 0.3 is 0 Å². The van der Waals surface area contributed by atoms with Gasteiger partial charge in [-0.25, -0.2) is 0 Å². The first-order valence-corrected chi connectivity index (χ1v) is 4.81. The van der Waals surface area contributed by atoms with Crippen LogP contribution < -0.4 is 5.32 Å². The van der Waals surface area contributed by atoms with Crippen molar-refractivity contribution in [2.24, 2.45) is 17.8 Å². The molecule has 2 unspecified atom stereocenters. The highest BCUT2D eigenvalue weighted by atomic mass is 16.5. The Morgan fingerprint density at radius 3 is 2.85 bits per heavy atom. The minimum absolute atomic E-state index is 0.0217. The number of fused-ring (bicyclic) bond motifs is 1. The number of nitrogens with one attached hydrogen (secondary N) is 1. The van der Waals surface area contributed by atoms with Gasteiger partial charge < -0.3 is 10.1 Å². The predicted molar refractivity (Wildman–Crippen MR) is 49.1 cm³/mol. The molecule has 1 saturated carbocycles. The van der Waals surface area contributed by atoms with Crippen LogP contribution in [-0.4, -0.2) is 25.7 Å². The lowest BCUT2D eigenvalue weighted by atomic mass is 10.3. The maximum atomic E-state index is 11.1. The fourth-order valence-electron chi connectivity index (χ4n) is 2.09. The molecule has 13 heavy (non-hydrogen) atoms. The van der Waals surface area contributed by atoms with Crippen LogP contribution in [-0.2, 0) is 9.53 Å². The lowest BCUT2D eigenvalue weighted by molar-refractivity contribution is -0.116. The van der Waals surface area contributed by atoms with Crippen LogP contribution in [0.1, 0.15) is 6.92 Å². The largest absolute Gasteiger partial charge is 0.381 e. The predicted octanol–water partition coefficient (Wildman–Crippen LogP) is 0.571. The molecule has 2 rings (SSSR count). The van der Waals surface area contributed by atoms with E-state index in [0.29, 0.717) is 5.92 Å². The van der Waals surface area contributed by atoms with Crippen molar-refractivity contribution in [2.75, 3.05) is 19.8 Å². The average molecular weight is 181 g/mol. The smallest absolute Gasteiger partial charge is 0.243 e. The number of amides is 1. The molecule has 3 heteroatoms. The summed E-state index contributed by atoms with van der Waals surface area (Å²) in [5.74, 6) is 2.16. The average Bonchev–Trinajstić information content (AvgIpc) is 2.58. The first kappa shape index (κ1) is 8.75. The molecule has 0 aromatic carbocycles. The van der Waals surface area contributed by atoms with Gasteiger partial charge in [0.1, 0.15) is 0 Å². The third-order valence-electron chi connectivity index (χ3n) is 2.96. The van der Waals surface area contributed by atoms with Gasteiger partial charge in [-0.15, -0.1) is 0 Å². The SMILES string of the molecule is C/C=C/C(=O)NCC1C2COCC12. The van der Waals surface area contributed by atoms with E-state index >= 15 is 0 Å². The molecular formula is C10H15NO2. The Hall–Kier alpha value is -0.830. The Morgan fingerprint density at radius 2 is 2.23 bits per heavy atom. The second-order valence-corrected chi connectivity index (χ2v) is 3.77. The van der Waals surface area contributed by atoms with Gasteiger partial charge in [0.15, 0.2) is 0 Å². The third-order valence-corrected chi connectivity index (χ3v) is 2.96. The summed E-state index contributed by atoms with van der Waals surface area (Å²) < 4.78 is 5.26. The number of hydrogen-bond acceptors (Lipinski definition) is 2. The van der Waals surface area contributed by atoms with E-state index in [4.69, 9.17) is 4.74 Å². The second-order valence-electron chi connectivity index (χ2n) is 3.77. The minimum atomic E-state index is 0.0217. The highest BCUT2D eigenvalue weighted by Gasteiger charge is 2.53. The molecule has 1 saturated heterocycles. The number of rotatable bonds is 3. The standard InChI is InChI=1S/C10H15NO2/c1-2-3-10(12)11-4-7-8-5-13-6-9(7)8/h2-3,7-9H,4-6H2,1H3,(H,11,12)/b3-2+. The second kappa shape index (κ2) is 3.50. The zero-order valence-electron chi connectivity index (χ0n) is 7.82. The lowest BCUT2D eigenvalue weighted by Crippen LogP contribution is -2.25. The lowest BCUT2D eigenvalue weighted by Gasteiger charge is -2.04. The Labute approximate surface area is 78.1 Å². The highest BCUT2D eigenvalue weighted by Crippen LogP contribution is 2.50. The Balaban J connectivity index is 1.67. The van der Waals surface area contributed by atoms with E-state index in [2.05, 4.69) is 5.32 Å². The highest BCUT2D eigenvalue weighted by molar-refractivity contribution is 5.87. The number of ether oxygens (including phenoxy) is 1. The zero-order valence-corrected chi connectivity index (χ0v) is 7.82. The van der Waals surface area contributed by atoms with Gasteiger partial charge in [0.2, 0.25) is 5.91 Å². The Morgan fingerprint density at radius 1 is 1.54 bits per heavy atom. The van der Waals surface area contributed by atoms with E-state index in [-0.39, 0.29) is 5.91 Å². The minimum Gasteiger partial charge on any atom is -0.381 e. The van der Waals surface area contributed by atoms with Crippen molar-refractivity contribution in [3.05, 3.63) is 12.2 Å². The summed E-state index contributed by atoms with van der Waals surface area (Å²) in [5.41, 5.74) is 0. The molecule has 2 fully saturated rings. The number of hydrogen-bond donors (Lipinski definition) is 1. The zero-order chi connectivity index (χ0) is 9.26. The first-order valence-electron chi connectivity index (χ1n) is 4.81.